The first-order chi connectivity index (χ1) is 12.4. The van der Waals surface area contributed by atoms with Gasteiger partial charge in [0, 0.05) is 10.4 Å². The van der Waals surface area contributed by atoms with Gasteiger partial charge in [-0.25, -0.2) is 13.6 Å². The van der Waals surface area contributed by atoms with E-state index in [1.165, 1.54) is 17.4 Å². The maximum absolute atomic E-state index is 13.4. The molecule has 1 N–H and O–H groups in total. The van der Waals surface area contributed by atoms with Crippen LogP contribution in [0.5, 0.6) is 0 Å². The van der Waals surface area contributed by atoms with Crippen LogP contribution in [0.4, 0.5) is 13.8 Å². The Kier molecular flexibility index (Phi) is 5.36. The molecule has 1 aromatic heterocycles. The van der Waals surface area contributed by atoms with Crippen molar-refractivity contribution >= 4 is 28.2 Å². The second kappa shape index (κ2) is 7.53. The van der Waals surface area contributed by atoms with Gasteiger partial charge in [-0.15, -0.1) is 11.3 Å². The Hall–Kier alpha value is -2.28. The van der Waals surface area contributed by atoms with E-state index < -0.39 is 23.5 Å². The van der Waals surface area contributed by atoms with Crippen LogP contribution >= 0.6 is 11.3 Å². The van der Waals surface area contributed by atoms with Crippen LogP contribution in [0.2, 0.25) is 0 Å². The largest absolute Gasteiger partial charge is 0.462 e. The number of ether oxygens (including phenoxy) is 1. The van der Waals surface area contributed by atoms with Crippen molar-refractivity contribution in [2.75, 3.05) is 11.9 Å². The second-order valence-corrected chi connectivity index (χ2v) is 7.46. The van der Waals surface area contributed by atoms with E-state index >= 15 is 0 Å². The molecule has 0 bridgehead atoms. The molecule has 0 fully saturated rings. The molecule has 0 saturated heterocycles. The zero-order valence-electron chi connectivity index (χ0n) is 14.5. The molecule has 0 aliphatic heterocycles. The first-order valence-electron chi connectivity index (χ1n) is 8.48. The maximum Gasteiger partial charge on any atom is 0.341 e. The highest BCUT2D eigenvalue weighted by Gasteiger charge is 2.29. The fourth-order valence-corrected chi connectivity index (χ4v) is 4.46. The van der Waals surface area contributed by atoms with Gasteiger partial charge in [0.2, 0.25) is 0 Å². The summed E-state index contributed by atoms with van der Waals surface area (Å²) in [5.74, 6) is -2.68. The van der Waals surface area contributed by atoms with Gasteiger partial charge < -0.3 is 10.1 Å². The smallest absolute Gasteiger partial charge is 0.341 e. The first-order valence-corrected chi connectivity index (χ1v) is 9.30. The average molecular weight is 379 g/mol. The van der Waals surface area contributed by atoms with E-state index in [0.29, 0.717) is 16.5 Å². The maximum atomic E-state index is 13.4. The Morgan fingerprint density at radius 3 is 2.77 bits per heavy atom. The normalized spacial score (nSPS) is 16.1. The molecule has 26 heavy (non-hydrogen) atoms. The number of rotatable bonds is 4. The summed E-state index contributed by atoms with van der Waals surface area (Å²) in [5, 5.41) is 3.07. The van der Waals surface area contributed by atoms with Gasteiger partial charge in [0.25, 0.3) is 5.91 Å². The summed E-state index contributed by atoms with van der Waals surface area (Å²) in [4.78, 5) is 25.9. The van der Waals surface area contributed by atoms with Crippen molar-refractivity contribution in [3.05, 3.63) is 51.4 Å². The molecule has 1 atom stereocenters. The minimum absolute atomic E-state index is 0.0153. The third-order valence-corrected chi connectivity index (χ3v) is 5.57. The van der Waals surface area contributed by atoms with Crippen molar-refractivity contribution < 1.29 is 23.1 Å². The van der Waals surface area contributed by atoms with Crippen LogP contribution in [0, 0.1) is 17.6 Å². The summed E-state index contributed by atoms with van der Waals surface area (Å²) < 4.78 is 31.6. The van der Waals surface area contributed by atoms with E-state index in [-0.39, 0.29) is 12.2 Å². The Morgan fingerprint density at radius 1 is 1.31 bits per heavy atom. The number of fused-ring (bicyclic) bond motifs is 1. The van der Waals surface area contributed by atoms with Gasteiger partial charge >= 0.3 is 5.97 Å². The summed E-state index contributed by atoms with van der Waals surface area (Å²) in [6, 6.07) is 2.94. The highest BCUT2D eigenvalue weighted by molar-refractivity contribution is 7.17. The molecule has 1 unspecified atom stereocenters. The monoisotopic (exact) mass is 379 g/mol. The van der Waals surface area contributed by atoms with E-state index in [4.69, 9.17) is 4.74 Å². The minimum atomic E-state index is -1.09. The molecule has 138 valence electrons. The predicted molar refractivity (Wildman–Crippen MR) is 95.8 cm³/mol. The number of carbonyl (C=O) groups is 2. The number of thiophene rings is 1. The van der Waals surface area contributed by atoms with Crippen LogP contribution in [0.1, 0.15) is 51.4 Å². The fourth-order valence-electron chi connectivity index (χ4n) is 3.07. The fraction of sp³-hybridized carbons (Fsp3) is 0.368. The summed E-state index contributed by atoms with van der Waals surface area (Å²) in [7, 11) is 0. The Balaban J connectivity index is 1.94. The lowest BCUT2D eigenvalue weighted by atomic mass is 9.88. The molecule has 1 aliphatic rings. The van der Waals surface area contributed by atoms with Crippen molar-refractivity contribution in [3.8, 4) is 0 Å². The molecule has 2 aromatic rings. The van der Waals surface area contributed by atoms with Gasteiger partial charge in [0.15, 0.2) is 11.6 Å². The molecule has 3 rings (SSSR count). The van der Waals surface area contributed by atoms with Crippen LogP contribution in [0.3, 0.4) is 0 Å². The standard InChI is InChI=1S/C19H19F2NO3S/c1-3-25-19(24)16-12-6-4-10(2)8-15(12)26-18(16)22-17(23)11-5-7-13(20)14(21)9-11/h5,7,9-10H,3-4,6,8H2,1-2H3,(H,22,23). The van der Waals surface area contributed by atoms with Crippen molar-refractivity contribution in [1.29, 1.82) is 0 Å². The number of carbonyl (C=O) groups excluding carboxylic acids is 2. The number of hydrogen-bond donors (Lipinski definition) is 1. The molecular weight excluding hydrogens is 360 g/mol. The Morgan fingerprint density at radius 2 is 2.08 bits per heavy atom. The number of benzene rings is 1. The van der Waals surface area contributed by atoms with Gasteiger partial charge in [0.05, 0.1) is 12.2 Å². The van der Waals surface area contributed by atoms with E-state index in [2.05, 4.69) is 12.2 Å². The lowest BCUT2D eigenvalue weighted by molar-refractivity contribution is 0.0526. The highest BCUT2D eigenvalue weighted by atomic mass is 32.1. The molecule has 1 heterocycles. The molecule has 0 spiro atoms. The number of amides is 1. The molecule has 0 radical (unpaired) electrons. The minimum Gasteiger partial charge on any atom is -0.462 e. The number of hydrogen-bond acceptors (Lipinski definition) is 4. The van der Waals surface area contributed by atoms with Gasteiger partial charge in [-0.2, -0.15) is 0 Å². The van der Waals surface area contributed by atoms with Gasteiger partial charge in [-0.1, -0.05) is 6.92 Å². The lowest BCUT2D eigenvalue weighted by Gasteiger charge is -2.18. The summed E-state index contributed by atoms with van der Waals surface area (Å²) in [5.41, 5.74) is 1.29. The third kappa shape index (κ3) is 3.62. The van der Waals surface area contributed by atoms with E-state index in [9.17, 15) is 18.4 Å². The van der Waals surface area contributed by atoms with Crippen LogP contribution < -0.4 is 5.32 Å². The third-order valence-electron chi connectivity index (χ3n) is 4.40. The molecule has 0 saturated carbocycles. The van der Waals surface area contributed by atoms with Crippen molar-refractivity contribution in [3.63, 3.8) is 0 Å². The summed E-state index contributed by atoms with van der Waals surface area (Å²) >= 11 is 1.35. The highest BCUT2D eigenvalue weighted by Crippen LogP contribution is 2.40. The molecule has 4 nitrogen and oxygen atoms in total. The van der Waals surface area contributed by atoms with Crippen molar-refractivity contribution in [2.24, 2.45) is 5.92 Å². The zero-order valence-corrected chi connectivity index (χ0v) is 15.3. The number of halogens is 2. The average Bonchev–Trinajstić information content (AvgIpc) is 2.94. The van der Waals surface area contributed by atoms with Crippen LogP contribution in [-0.2, 0) is 17.6 Å². The zero-order chi connectivity index (χ0) is 18.8. The number of nitrogens with one attached hydrogen (secondary N) is 1. The molecule has 7 heteroatoms. The SMILES string of the molecule is CCOC(=O)c1c(NC(=O)c2ccc(F)c(F)c2)sc2c1CCC(C)C2. The van der Waals surface area contributed by atoms with Crippen molar-refractivity contribution in [2.45, 2.75) is 33.1 Å². The molecule has 1 aromatic carbocycles. The van der Waals surface area contributed by atoms with Crippen LogP contribution in [0.25, 0.3) is 0 Å². The first kappa shape index (κ1) is 18.5. The van der Waals surface area contributed by atoms with Gasteiger partial charge in [-0.05, 0) is 55.9 Å². The van der Waals surface area contributed by atoms with Crippen molar-refractivity contribution in [1.82, 2.24) is 0 Å². The van der Waals surface area contributed by atoms with E-state index in [1.54, 1.807) is 6.92 Å². The number of anilines is 1. The molecule has 1 aliphatic carbocycles. The topological polar surface area (TPSA) is 55.4 Å². The van der Waals surface area contributed by atoms with E-state index in [1.807, 2.05) is 0 Å². The summed E-state index contributed by atoms with van der Waals surface area (Å²) in [6.07, 6.45) is 2.56. The quantitative estimate of drug-likeness (QED) is 0.791. The van der Waals surface area contributed by atoms with Gasteiger partial charge in [0.1, 0.15) is 5.00 Å². The summed E-state index contributed by atoms with van der Waals surface area (Å²) in [6.45, 7) is 4.10. The Bertz CT molecular complexity index is 863. The predicted octanol–water partition coefficient (Wildman–Crippen LogP) is 4.58. The van der Waals surface area contributed by atoms with Gasteiger partial charge in [-0.3, -0.25) is 4.79 Å². The lowest BCUT2D eigenvalue weighted by Crippen LogP contribution is -2.17. The number of esters is 1. The van der Waals surface area contributed by atoms with E-state index in [0.717, 1.165) is 41.8 Å². The van der Waals surface area contributed by atoms with Crippen LogP contribution in [0.15, 0.2) is 18.2 Å². The molecular formula is C19H19F2NO3S. The second-order valence-electron chi connectivity index (χ2n) is 6.36. The van der Waals surface area contributed by atoms with Crippen LogP contribution in [-0.4, -0.2) is 18.5 Å². The molecule has 1 amide bonds. The Labute approximate surface area is 154 Å².